The molecule has 2 rings (SSSR count). The molecule has 1 aromatic heterocycles. The normalized spacial score (nSPS) is 18.7. The number of aryl methyl sites for hydroxylation is 1. The minimum atomic E-state index is 0.702. The number of hydrogen-bond acceptors (Lipinski definition) is 2. The molecule has 0 aromatic carbocycles. The van der Waals surface area contributed by atoms with Gasteiger partial charge in [0.25, 0.3) is 0 Å². The Labute approximate surface area is 79.7 Å². The summed E-state index contributed by atoms with van der Waals surface area (Å²) in [5.74, 6) is 0.702. The highest BCUT2D eigenvalue weighted by molar-refractivity contribution is 5.25. The van der Waals surface area contributed by atoms with Gasteiger partial charge in [0.05, 0.1) is 5.69 Å². The summed E-state index contributed by atoms with van der Waals surface area (Å²) >= 11 is 0. The minimum absolute atomic E-state index is 0.702. The van der Waals surface area contributed by atoms with Gasteiger partial charge < -0.3 is 0 Å². The van der Waals surface area contributed by atoms with Gasteiger partial charge in [-0.15, -0.1) is 13.2 Å². The van der Waals surface area contributed by atoms with E-state index in [9.17, 15) is 0 Å². The van der Waals surface area contributed by atoms with Crippen LogP contribution in [0.15, 0.2) is 25.7 Å². The number of nitrogens with zero attached hydrogens (tertiary/aromatic N) is 2. The molecule has 0 bridgehead atoms. The maximum absolute atomic E-state index is 4.30. The van der Waals surface area contributed by atoms with E-state index >= 15 is 0 Å². The van der Waals surface area contributed by atoms with Crippen LogP contribution in [0.2, 0.25) is 0 Å². The molecular weight excluding hydrogens is 160 g/mol. The zero-order chi connectivity index (χ0) is 9.68. The molecule has 0 aliphatic heterocycles. The van der Waals surface area contributed by atoms with Gasteiger partial charge in [0.2, 0.25) is 0 Å². The van der Waals surface area contributed by atoms with Crippen LogP contribution in [0.5, 0.6) is 0 Å². The maximum atomic E-state index is 4.30. The van der Waals surface area contributed by atoms with Crippen LogP contribution in [0.25, 0.3) is 0 Å². The number of hydrogen-bond donors (Lipinski definition) is 0. The highest BCUT2D eigenvalue weighted by Gasteiger charge is 2.21. The summed E-state index contributed by atoms with van der Waals surface area (Å²) in [5, 5.41) is 0. The smallest absolute Gasteiger partial charge is 0.115 e. The molecule has 70 valence electrons. The molecule has 0 N–H and O–H groups in total. The van der Waals surface area contributed by atoms with Crippen LogP contribution in [0, 0.1) is 0 Å². The first-order valence-corrected chi connectivity index (χ1v) is 4.70. The molecule has 1 aliphatic rings. The molecule has 1 heterocycles. The van der Waals surface area contributed by atoms with E-state index in [2.05, 4.69) is 30.0 Å². The number of fused-ring (bicyclic) bond motifs is 1. The highest BCUT2D eigenvalue weighted by Crippen LogP contribution is 2.32. The Morgan fingerprint density at radius 3 is 3.00 bits per heavy atom. The predicted molar refractivity (Wildman–Crippen MR) is 54.6 cm³/mol. The van der Waals surface area contributed by atoms with E-state index in [0.717, 1.165) is 0 Å². The molecule has 0 radical (unpaired) electrons. The summed E-state index contributed by atoms with van der Waals surface area (Å²) < 4.78 is 0. The van der Waals surface area contributed by atoms with E-state index < -0.39 is 0 Å². The molecule has 0 amide bonds. The van der Waals surface area contributed by atoms with Crippen LogP contribution < -0.4 is 0 Å². The Bertz CT molecular complexity index is 271. The lowest BCUT2D eigenvalue weighted by Gasteiger charge is -2.04. The van der Waals surface area contributed by atoms with E-state index in [1.54, 1.807) is 6.33 Å². The Balaban J connectivity index is 0.000000396. The summed E-state index contributed by atoms with van der Waals surface area (Å²) in [7, 11) is 0. The van der Waals surface area contributed by atoms with Crippen molar-refractivity contribution in [2.75, 3.05) is 0 Å². The highest BCUT2D eigenvalue weighted by atomic mass is 14.8. The van der Waals surface area contributed by atoms with Crippen LogP contribution in [-0.4, -0.2) is 9.97 Å². The monoisotopic (exact) mass is 176 g/mol. The second-order valence-electron chi connectivity index (χ2n) is 3.08. The van der Waals surface area contributed by atoms with Crippen LogP contribution in [-0.2, 0) is 6.42 Å². The lowest BCUT2D eigenvalue weighted by Crippen LogP contribution is -1.94. The summed E-state index contributed by atoms with van der Waals surface area (Å²) in [6, 6.07) is 0. The molecular formula is C11H16N2. The first-order valence-electron chi connectivity index (χ1n) is 4.70. The average Bonchev–Trinajstić information content (AvgIpc) is 2.64. The van der Waals surface area contributed by atoms with E-state index in [1.807, 2.05) is 6.20 Å². The third-order valence-corrected chi connectivity index (χ3v) is 2.46. The molecule has 13 heavy (non-hydrogen) atoms. The first kappa shape index (κ1) is 9.90. The molecule has 0 saturated carbocycles. The van der Waals surface area contributed by atoms with E-state index in [1.165, 1.54) is 30.5 Å². The SMILES string of the molecule is C=C.CCC1CCc2cncnc21. The Hall–Kier alpha value is -1.18. The standard InChI is InChI=1S/C9H12N2.C2H4/c1-2-7-3-4-8-5-10-6-11-9(7)8;1-2/h5-7H,2-4H2,1H3;1-2H2. The second-order valence-corrected chi connectivity index (χ2v) is 3.08. The van der Waals surface area contributed by atoms with Gasteiger partial charge in [0.15, 0.2) is 0 Å². The van der Waals surface area contributed by atoms with Crippen molar-refractivity contribution >= 4 is 0 Å². The van der Waals surface area contributed by atoms with Crippen LogP contribution in [0.1, 0.15) is 36.9 Å². The molecule has 0 saturated heterocycles. The van der Waals surface area contributed by atoms with Gasteiger partial charge in [-0.05, 0) is 24.8 Å². The minimum Gasteiger partial charge on any atom is -0.245 e. The Morgan fingerprint density at radius 1 is 1.54 bits per heavy atom. The summed E-state index contributed by atoms with van der Waals surface area (Å²) in [6.07, 6.45) is 7.27. The lowest BCUT2D eigenvalue weighted by molar-refractivity contribution is 0.642. The molecule has 0 fully saturated rings. The van der Waals surface area contributed by atoms with Gasteiger partial charge in [-0.25, -0.2) is 9.97 Å². The molecule has 1 aromatic rings. The number of aromatic nitrogens is 2. The van der Waals surface area contributed by atoms with Crippen molar-refractivity contribution in [3.8, 4) is 0 Å². The lowest BCUT2D eigenvalue weighted by atomic mass is 10.0. The van der Waals surface area contributed by atoms with Gasteiger partial charge in [-0.3, -0.25) is 0 Å². The Morgan fingerprint density at radius 2 is 2.31 bits per heavy atom. The van der Waals surface area contributed by atoms with Crippen LogP contribution in [0.3, 0.4) is 0 Å². The third kappa shape index (κ3) is 1.94. The molecule has 2 heteroatoms. The fourth-order valence-corrected chi connectivity index (χ4v) is 1.79. The van der Waals surface area contributed by atoms with Crippen molar-refractivity contribution in [2.45, 2.75) is 32.1 Å². The van der Waals surface area contributed by atoms with Gasteiger partial charge in [-0.1, -0.05) is 6.92 Å². The molecule has 2 nitrogen and oxygen atoms in total. The van der Waals surface area contributed by atoms with Crippen molar-refractivity contribution in [2.24, 2.45) is 0 Å². The third-order valence-electron chi connectivity index (χ3n) is 2.46. The maximum Gasteiger partial charge on any atom is 0.115 e. The second kappa shape index (κ2) is 4.75. The van der Waals surface area contributed by atoms with Crippen molar-refractivity contribution in [3.05, 3.63) is 36.9 Å². The van der Waals surface area contributed by atoms with Crippen LogP contribution in [0.4, 0.5) is 0 Å². The van der Waals surface area contributed by atoms with E-state index in [4.69, 9.17) is 0 Å². The predicted octanol–water partition coefficient (Wildman–Crippen LogP) is 2.72. The summed E-state index contributed by atoms with van der Waals surface area (Å²) in [4.78, 5) is 8.31. The zero-order valence-electron chi connectivity index (χ0n) is 8.16. The van der Waals surface area contributed by atoms with Gasteiger partial charge >= 0.3 is 0 Å². The summed E-state index contributed by atoms with van der Waals surface area (Å²) in [6.45, 7) is 8.22. The quantitative estimate of drug-likeness (QED) is 0.615. The average molecular weight is 176 g/mol. The van der Waals surface area contributed by atoms with E-state index in [0.29, 0.717) is 5.92 Å². The van der Waals surface area contributed by atoms with Crippen molar-refractivity contribution < 1.29 is 0 Å². The molecule has 1 aliphatic carbocycles. The van der Waals surface area contributed by atoms with Gasteiger partial charge in [0, 0.05) is 12.1 Å². The van der Waals surface area contributed by atoms with Crippen molar-refractivity contribution in [1.82, 2.24) is 9.97 Å². The molecule has 1 unspecified atom stereocenters. The van der Waals surface area contributed by atoms with Gasteiger partial charge in [-0.2, -0.15) is 0 Å². The summed E-state index contributed by atoms with van der Waals surface area (Å²) in [5.41, 5.74) is 2.65. The fraction of sp³-hybridized carbons (Fsp3) is 0.455. The largest absolute Gasteiger partial charge is 0.245 e. The first-order chi connectivity index (χ1) is 6.42. The van der Waals surface area contributed by atoms with Gasteiger partial charge in [0.1, 0.15) is 6.33 Å². The van der Waals surface area contributed by atoms with E-state index in [-0.39, 0.29) is 0 Å². The number of rotatable bonds is 1. The molecule has 1 atom stereocenters. The molecule has 0 spiro atoms. The topological polar surface area (TPSA) is 25.8 Å². The van der Waals surface area contributed by atoms with Crippen molar-refractivity contribution in [3.63, 3.8) is 0 Å². The fourth-order valence-electron chi connectivity index (χ4n) is 1.79. The zero-order valence-corrected chi connectivity index (χ0v) is 8.16. The Kier molecular flexibility index (Phi) is 3.62. The van der Waals surface area contributed by atoms with Crippen LogP contribution >= 0.6 is 0 Å². The van der Waals surface area contributed by atoms with Crippen molar-refractivity contribution in [1.29, 1.82) is 0 Å².